The van der Waals surface area contributed by atoms with Gasteiger partial charge in [0.05, 0.1) is 12.3 Å². The van der Waals surface area contributed by atoms with Crippen LogP contribution in [-0.4, -0.2) is 16.2 Å². The fourth-order valence-corrected chi connectivity index (χ4v) is 2.65. The van der Waals surface area contributed by atoms with Crippen LogP contribution in [0.5, 0.6) is 0 Å². The lowest BCUT2D eigenvalue weighted by molar-refractivity contribution is 0.363. The Balaban J connectivity index is 1.51. The van der Waals surface area contributed by atoms with E-state index in [9.17, 15) is 0 Å². The molecule has 0 spiro atoms. The van der Waals surface area contributed by atoms with Crippen molar-refractivity contribution in [2.24, 2.45) is 0 Å². The third-order valence-electron chi connectivity index (χ3n) is 2.99. The maximum atomic E-state index is 5.22. The van der Waals surface area contributed by atoms with E-state index >= 15 is 0 Å². The molecule has 3 rings (SSSR count). The van der Waals surface area contributed by atoms with Gasteiger partial charge in [-0.3, -0.25) is 0 Å². The van der Waals surface area contributed by atoms with Gasteiger partial charge in [0.2, 0.25) is 5.89 Å². The predicted octanol–water partition coefficient (Wildman–Crippen LogP) is 2.92. The van der Waals surface area contributed by atoms with Crippen molar-refractivity contribution in [3.8, 4) is 0 Å². The molecule has 0 atom stereocenters. The number of aryl methyl sites for hydroxylation is 1. The molecule has 1 heterocycles. The van der Waals surface area contributed by atoms with Crippen LogP contribution >= 0.6 is 11.8 Å². The van der Waals surface area contributed by atoms with Crippen molar-refractivity contribution in [2.45, 2.75) is 43.0 Å². The summed E-state index contributed by atoms with van der Waals surface area (Å²) in [5, 5.41) is 7.37. The molecular weight excluding hydrogens is 258 g/mol. The van der Waals surface area contributed by atoms with Crippen LogP contribution in [0.15, 0.2) is 33.7 Å². The second-order valence-corrected chi connectivity index (χ2v) is 5.91. The molecule has 100 valence electrons. The lowest BCUT2D eigenvalue weighted by Crippen LogP contribution is -2.15. The lowest BCUT2D eigenvalue weighted by atomic mass is 10.2. The summed E-state index contributed by atoms with van der Waals surface area (Å²) in [5.41, 5.74) is 1.27. The van der Waals surface area contributed by atoms with Gasteiger partial charge in [0.25, 0.3) is 0 Å². The van der Waals surface area contributed by atoms with E-state index in [2.05, 4.69) is 46.6 Å². The van der Waals surface area contributed by atoms with Crippen LogP contribution in [0.4, 0.5) is 0 Å². The molecule has 5 heteroatoms. The van der Waals surface area contributed by atoms with Crippen LogP contribution in [-0.2, 0) is 12.3 Å². The zero-order valence-electron chi connectivity index (χ0n) is 10.9. The highest BCUT2D eigenvalue weighted by atomic mass is 32.2. The minimum absolute atomic E-state index is 0.664. The van der Waals surface area contributed by atoms with Crippen LogP contribution < -0.4 is 5.32 Å². The molecule has 1 aliphatic carbocycles. The fourth-order valence-electron chi connectivity index (χ4n) is 1.79. The molecule has 0 bridgehead atoms. The highest BCUT2D eigenvalue weighted by molar-refractivity contribution is 7.98. The van der Waals surface area contributed by atoms with Gasteiger partial charge in [0, 0.05) is 10.9 Å². The van der Waals surface area contributed by atoms with E-state index in [1.807, 2.05) is 0 Å². The topological polar surface area (TPSA) is 51.0 Å². The van der Waals surface area contributed by atoms with Crippen LogP contribution in [0.2, 0.25) is 0 Å². The van der Waals surface area contributed by atoms with Gasteiger partial charge in [-0.2, -0.15) is 4.98 Å². The van der Waals surface area contributed by atoms with Crippen molar-refractivity contribution >= 4 is 11.8 Å². The van der Waals surface area contributed by atoms with Crippen molar-refractivity contribution < 1.29 is 4.52 Å². The second-order valence-electron chi connectivity index (χ2n) is 4.86. The molecule has 1 N–H and O–H groups in total. The molecule has 1 aromatic carbocycles. The van der Waals surface area contributed by atoms with Crippen molar-refractivity contribution in [1.82, 2.24) is 15.5 Å². The smallest absolute Gasteiger partial charge is 0.240 e. The molecule has 0 unspecified atom stereocenters. The summed E-state index contributed by atoms with van der Waals surface area (Å²) < 4.78 is 5.22. The van der Waals surface area contributed by atoms with Crippen LogP contribution in [0.1, 0.15) is 30.1 Å². The normalized spacial score (nSPS) is 14.8. The Labute approximate surface area is 117 Å². The number of thioether (sulfide) groups is 1. The van der Waals surface area contributed by atoms with Crippen LogP contribution in [0, 0.1) is 6.92 Å². The number of aromatic nitrogens is 2. The van der Waals surface area contributed by atoms with E-state index < -0.39 is 0 Å². The molecule has 1 aliphatic rings. The molecule has 0 saturated heterocycles. The third kappa shape index (κ3) is 3.81. The van der Waals surface area contributed by atoms with Crippen molar-refractivity contribution in [1.29, 1.82) is 0 Å². The van der Waals surface area contributed by atoms with Gasteiger partial charge in [-0.25, -0.2) is 0 Å². The molecule has 0 radical (unpaired) electrons. The van der Waals surface area contributed by atoms with Crippen molar-refractivity contribution in [3.05, 3.63) is 41.5 Å². The first-order chi connectivity index (χ1) is 9.29. The van der Waals surface area contributed by atoms with E-state index in [1.165, 1.54) is 23.3 Å². The standard InChI is InChI=1S/C14H17N3OS/c1-10-3-2-4-12(7-10)19-9-13-16-14(18-17-13)8-15-11-5-6-11/h2-4,7,11,15H,5-6,8-9H2,1H3. The monoisotopic (exact) mass is 275 g/mol. The number of benzene rings is 1. The summed E-state index contributed by atoms with van der Waals surface area (Å²) in [6, 6.07) is 9.10. The molecule has 1 aromatic heterocycles. The number of nitrogens with zero attached hydrogens (tertiary/aromatic N) is 2. The number of hydrogen-bond donors (Lipinski definition) is 1. The first-order valence-corrected chi connectivity index (χ1v) is 7.52. The molecule has 4 nitrogen and oxygen atoms in total. The Morgan fingerprint density at radius 3 is 3.11 bits per heavy atom. The minimum atomic E-state index is 0.664. The van der Waals surface area contributed by atoms with E-state index in [4.69, 9.17) is 4.52 Å². The summed E-state index contributed by atoms with van der Waals surface area (Å²) in [6.07, 6.45) is 2.54. The molecule has 0 aliphatic heterocycles. The van der Waals surface area contributed by atoms with E-state index in [-0.39, 0.29) is 0 Å². The van der Waals surface area contributed by atoms with Gasteiger partial charge in [-0.1, -0.05) is 22.9 Å². The number of rotatable bonds is 6. The maximum absolute atomic E-state index is 5.22. The summed E-state index contributed by atoms with van der Waals surface area (Å²) in [5.74, 6) is 2.20. The summed E-state index contributed by atoms with van der Waals surface area (Å²) in [6.45, 7) is 2.78. The van der Waals surface area contributed by atoms with Gasteiger partial charge < -0.3 is 9.84 Å². The van der Waals surface area contributed by atoms with Crippen molar-refractivity contribution in [2.75, 3.05) is 0 Å². The molecular formula is C14H17N3OS. The summed E-state index contributed by atoms with van der Waals surface area (Å²) in [7, 11) is 0. The summed E-state index contributed by atoms with van der Waals surface area (Å²) in [4.78, 5) is 5.62. The highest BCUT2D eigenvalue weighted by Gasteiger charge is 2.21. The molecule has 19 heavy (non-hydrogen) atoms. The van der Waals surface area contributed by atoms with Gasteiger partial charge in [0.1, 0.15) is 0 Å². The van der Waals surface area contributed by atoms with E-state index in [0.717, 1.165) is 11.6 Å². The fraction of sp³-hybridized carbons (Fsp3) is 0.429. The molecule has 2 aromatic rings. The quantitative estimate of drug-likeness (QED) is 0.821. The van der Waals surface area contributed by atoms with Gasteiger partial charge in [-0.15, -0.1) is 11.8 Å². The Bertz CT molecular complexity index is 551. The van der Waals surface area contributed by atoms with E-state index in [1.54, 1.807) is 11.8 Å². The largest absolute Gasteiger partial charge is 0.338 e. The van der Waals surface area contributed by atoms with Crippen molar-refractivity contribution in [3.63, 3.8) is 0 Å². The van der Waals surface area contributed by atoms with Crippen LogP contribution in [0.3, 0.4) is 0 Å². The first-order valence-electron chi connectivity index (χ1n) is 6.54. The Hall–Kier alpha value is -1.33. The third-order valence-corrected chi connectivity index (χ3v) is 3.98. The second kappa shape index (κ2) is 5.75. The number of hydrogen-bond acceptors (Lipinski definition) is 5. The maximum Gasteiger partial charge on any atom is 0.240 e. The zero-order chi connectivity index (χ0) is 13.1. The zero-order valence-corrected chi connectivity index (χ0v) is 11.7. The lowest BCUT2D eigenvalue weighted by Gasteiger charge is -1.99. The highest BCUT2D eigenvalue weighted by Crippen LogP contribution is 2.22. The average molecular weight is 275 g/mol. The Morgan fingerprint density at radius 1 is 1.42 bits per heavy atom. The SMILES string of the molecule is Cc1cccc(SCc2noc(CNC3CC3)n2)c1. The first kappa shape index (κ1) is 12.7. The van der Waals surface area contributed by atoms with Gasteiger partial charge in [0.15, 0.2) is 5.82 Å². The Kier molecular flexibility index (Phi) is 3.84. The number of nitrogens with one attached hydrogen (secondary N) is 1. The predicted molar refractivity (Wildman–Crippen MR) is 74.9 cm³/mol. The average Bonchev–Trinajstić information content (AvgIpc) is 3.13. The van der Waals surface area contributed by atoms with Gasteiger partial charge >= 0.3 is 0 Å². The molecule has 1 fully saturated rings. The minimum Gasteiger partial charge on any atom is -0.338 e. The molecule has 1 saturated carbocycles. The van der Waals surface area contributed by atoms with E-state index in [0.29, 0.717) is 18.5 Å². The van der Waals surface area contributed by atoms with Gasteiger partial charge in [-0.05, 0) is 31.9 Å². The summed E-state index contributed by atoms with van der Waals surface area (Å²) >= 11 is 1.73. The molecule has 0 amide bonds. The van der Waals surface area contributed by atoms with Crippen LogP contribution in [0.25, 0.3) is 0 Å². The Morgan fingerprint density at radius 2 is 2.32 bits per heavy atom.